The van der Waals surface area contributed by atoms with Gasteiger partial charge in [0.1, 0.15) is 11.5 Å². The maximum atomic E-state index is 6.00. The lowest BCUT2D eigenvalue weighted by Crippen LogP contribution is -1.96. The van der Waals surface area contributed by atoms with Crippen molar-refractivity contribution in [3.63, 3.8) is 0 Å². The molecule has 0 aliphatic carbocycles. The van der Waals surface area contributed by atoms with Gasteiger partial charge in [-0.15, -0.1) is 0 Å². The van der Waals surface area contributed by atoms with Gasteiger partial charge >= 0.3 is 0 Å². The van der Waals surface area contributed by atoms with Crippen molar-refractivity contribution < 1.29 is 14.2 Å². The van der Waals surface area contributed by atoms with Crippen LogP contribution in [-0.2, 0) is 0 Å². The Bertz CT molecular complexity index is 781. The molecule has 3 nitrogen and oxygen atoms in total. The van der Waals surface area contributed by atoms with Crippen molar-refractivity contribution in [2.75, 3.05) is 13.2 Å². The summed E-state index contributed by atoms with van der Waals surface area (Å²) in [4.78, 5) is 0. The minimum atomic E-state index is 0.591. The summed E-state index contributed by atoms with van der Waals surface area (Å²) in [6.45, 7) is 5.19. The SMILES string of the molecule is CCOc1ccc2cc(OCC)c(Oc3ccccc3)cc2c1. The van der Waals surface area contributed by atoms with Crippen LogP contribution in [0.3, 0.4) is 0 Å². The molecule has 3 heteroatoms. The van der Waals surface area contributed by atoms with E-state index in [4.69, 9.17) is 14.2 Å². The topological polar surface area (TPSA) is 27.7 Å². The third-order valence-electron chi connectivity index (χ3n) is 3.46. The minimum absolute atomic E-state index is 0.591. The van der Waals surface area contributed by atoms with E-state index in [1.54, 1.807) is 0 Å². The third-order valence-corrected chi connectivity index (χ3v) is 3.46. The normalized spacial score (nSPS) is 10.5. The van der Waals surface area contributed by atoms with E-state index in [1.807, 2.05) is 74.5 Å². The third kappa shape index (κ3) is 3.57. The zero-order valence-electron chi connectivity index (χ0n) is 13.4. The van der Waals surface area contributed by atoms with Crippen LogP contribution in [0.2, 0.25) is 0 Å². The molecule has 23 heavy (non-hydrogen) atoms. The van der Waals surface area contributed by atoms with Crippen molar-refractivity contribution in [1.29, 1.82) is 0 Å². The molecule has 3 rings (SSSR count). The molecule has 0 N–H and O–H groups in total. The van der Waals surface area contributed by atoms with Crippen molar-refractivity contribution in [2.45, 2.75) is 13.8 Å². The maximum absolute atomic E-state index is 6.00. The second-order valence-electron chi connectivity index (χ2n) is 5.09. The quantitative estimate of drug-likeness (QED) is 0.607. The number of rotatable bonds is 6. The summed E-state index contributed by atoms with van der Waals surface area (Å²) in [6.07, 6.45) is 0. The molecular weight excluding hydrogens is 288 g/mol. The van der Waals surface area contributed by atoms with Crippen LogP contribution in [0.1, 0.15) is 13.8 Å². The van der Waals surface area contributed by atoms with Gasteiger partial charge in [0, 0.05) is 0 Å². The second kappa shape index (κ2) is 7.05. The molecule has 0 unspecified atom stereocenters. The fourth-order valence-corrected chi connectivity index (χ4v) is 2.45. The fraction of sp³-hybridized carbons (Fsp3) is 0.200. The molecule has 0 aliphatic rings. The van der Waals surface area contributed by atoms with Crippen molar-refractivity contribution in [1.82, 2.24) is 0 Å². The molecule has 0 aliphatic heterocycles. The van der Waals surface area contributed by atoms with E-state index in [0.29, 0.717) is 19.0 Å². The average Bonchev–Trinajstić information content (AvgIpc) is 2.57. The summed E-state index contributed by atoms with van der Waals surface area (Å²) in [5, 5.41) is 2.16. The number of ether oxygens (including phenoxy) is 3. The Hall–Kier alpha value is -2.68. The van der Waals surface area contributed by atoms with Crippen molar-refractivity contribution >= 4 is 10.8 Å². The lowest BCUT2D eigenvalue weighted by atomic mass is 10.1. The van der Waals surface area contributed by atoms with E-state index < -0.39 is 0 Å². The van der Waals surface area contributed by atoms with Crippen LogP contribution < -0.4 is 14.2 Å². The Morgan fingerprint density at radius 3 is 2.13 bits per heavy atom. The van der Waals surface area contributed by atoms with Crippen LogP contribution in [0.25, 0.3) is 10.8 Å². The monoisotopic (exact) mass is 308 g/mol. The van der Waals surface area contributed by atoms with E-state index in [2.05, 4.69) is 0 Å². The van der Waals surface area contributed by atoms with Gasteiger partial charge in [0.15, 0.2) is 11.5 Å². The lowest BCUT2D eigenvalue weighted by molar-refractivity contribution is 0.322. The van der Waals surface area contributed by atoms with Gasteiger partial charge in [-0.1, -0.05) is 24.3 Å². The molecule has 118 valence electrons. The Labute approximate surface area is 136 Å². The summed E-state index contributed by atoms with van der Waals surface area (Å²) in [6, 6.07) is 19.7. The van der Waals surface area contributed by atoms with Gasteiger partial charge in [-0.2, -0.15) is 0 Å². The molecule has 0 saturated heterocycles. The molecule has 0 atom stereocenters. The van der Waals surface area contributed by atoms with Gasteiger partial charge in [0.2, 0.25) is 0 Å². The van der Waals surface area contributed by atoms with Crippen LogP contribution in [0, 0.1) is 0 Å². The zero-order valence-corrected chi connectivity index (χ0v) is 13.4. The van der Waals surface area contributed by atoms with Gasteiger partial charge in [-0.3, -0.25) is 0 Å². The molecule has 0 radical (unpaired) electrons. The number of para-hydroxylation sites is 1. The van der Waals surface area contributed by atoms with E-state index in [-0.39, 0.29) is 0 Å². The Balaban J connectivity index is 2.03. The Kier molecular flexibility index (Phi) is 4.67. The molecule has 3 aromatic carbocycles. The van der Waals surface area contributed by atoms with Gasteiger partial charge < -0.3 is 14.2 Å². The van der Waals surface area contributed by atoms with Crippen LogP contribution in [0.5, 0.6) is 23.0 Å². The van der Waals surface area contributed by atoms with Crippen LogP contribution >= 0.6 is 0 Å². The highest BCUT2D eigenvalue weighted by molar-refractivity contribution is 5.87. The molecule has 0 spiro atoms. The molecule has 0 fully saturated rings. The molecule has 0 saturated carbocycles. The molecule has 0 heterocycles. The molecular formula is C20H20O3. The average molecular weight is 308 g/mol. The van der Waals surface area contributed by atoms with E-state index in [0.717, 1.165) is 28.0 Å². The lowest BCUT2D eigenvalue weighted by Gasteiger charge is -2.13. The first-order valence-electron chi connectivity index (χ1n) is 7.86. The Morgan fingerprint density at radius 2 is 1.39 bits per heavy atom. The predicted molar refractivity (Wildman–Crippen MR) is 92.8 cm³/mol. The minimum Gasteiger partial charge on any atom is -0.494 e. The van der Waals surface area contributed by atoms with Crippen LogP contribution in [0.4, 0.5) is 0 Å². The van der Waals surface area contributed by atoms with Crippen LogP contribution in [-0.4, -0.2) is 13.2 Å². The molecule has 0 amide bonds. The number of fused-ring (bicyclic) bond motifs is 1. The van der Waals surface area contributed by atoms with E-state index in [1.165, 1.54) is 0 Å². The smallest absolute Gasteiger partial charge is 0.169 e. The summed E-state index contributed by atoms with van der Waals surface area (Å²) in [5.74, 6) is 3.09. The second-order valence-corrected chi connectivity index (χ2v) is 5.09. The molecule has 0 aromatic heterocycles. The van der Waals surface area contributed by atoms with Gasteiger partial charge in [0.05, 0.1) is 13.2 Å². The van der Waals surface area contributed by atoms with E-state index in [9.17, 15) is 0 Å². The summed E-state index contributed by atoms with van der Waals surface area (Å²) < 4.78 is 17.3. The van der Waals surface area contributed by atoms with E-state index >= 15 is 0 Å². The fourth-order valence-electron chi connectivity index (χ4n) is 2.45. The number of benzene rings is 3. The summed E-state index contributed by atoms with van der Waals surface area (Å²) >= 11 is 0. The summed E-state index contributed by atoms with van der Waals surface area (Å²) in [5.41, 5.74) is 0. The maximum Gasteiger partial charge on any atom is 0.169 e. The zero-order chi connectivity index (χ0) is 16.1. The summed E-state index contributed by atoms with van der Waals surface area (Å²) in [7, 11) is 0. The number of hydrogen-bond acceptors (Lipinski definition) is 3. The number of hydrogen-bond donors (Lipinski definition) is 0. The largest absolute Gasteiger partial charge is 0.494 e. The van der Waals surface area contributed by atoms with Crippen molar-refractivity contribution in [2.24, 2.45) is 0 Å². The van der Waals surface area contributed by atoms with Crippen LogP contribution in [0.15, 0.2) is 60.7 Å². The first kappa shape index (κ1) is 15.2. The first-order valence-corrected chi connectivity index (χ1v) is 7.86. The molecule has 0 bridgehead atoms. The van der Waals surface area contributed by atoms with Crippen molar-refractivity contribution in [3.05, 3.63) is 60.7 Å². The van der Waals surface area contributed by atoms with Gasteiger partial charge in [0.25, 0.3) is 0 Å². The van der Waals surface area contributed by atoms with Gasteiger partial charge in [-0.25, -0.2) is 0 Å². The first-order chi connectivity index (χ1) is 11.3. The van der Waals surface area contributed by atoms with Gasteiger partial charge in [-0.05, 0) is 61.0 Å². The molecule has 3 aromatic rings. The highest BCUT2D eigenvalue weighted by Gasteiger charge is 2.09. The highest BCUT2D eigenvalue weighted by atomic mass is 16.5. The Morgan fingerprint density at radius 1 is 0.652 bits per heavy atom. The standard InChI is InChI=1S/C20H20O3/c1-3-21-18-11-10-15-13-19(22-4-2)20(14-16(15)12-18)23-17-8-6-5-7-9-17/h5-14H,3-4H2,1-2H3. The highest BCUT2D eigenvalue weighted by Crippen LogP contribution is 2.36. The van der Waals surface area contributed by atoms with Crippen molar-refractivity contribution in [3.8, 4) is 23.0 Å². The predicted octanol–water partition coefficient (Wildman–Crippen LogP) is 5.43.